The first kappa shape index (κ1) is 26.7. The lowest BCUT2D eigenvalue weighted by Crippen LogP contribution is -2.40. The molecule has 8 nitrogen and oxygen atoms in total. The van der Waals surface area contributed by atoms with Crippen LogP contribution in [0.3, 0.4) is 0 Å². The number of aromatic amines is 1. The Morgan fingerprint density at radius 3 is 2.43 bits per heavy atom. The summed E-state index contributed by atoms with van der Waals surface area (Å²) in [5.41, 5.74) is 3.55. The molecular formula is C28H32N2O6S. The molecule has 0 saturated carbocycles. The Bertz CT molecular complexity index is 1370. The van der Waals surface area contributed by atoms with E-state index in [1.54, 1.807) is 0 Å². The van der Waals surface area contributed by atoms with Gasteiger partial charge >= 0.3 is 11.9 Å². The van der Waals surface area contributed by atoms with Gasteiger partial charge in [-0.2, -0.15) is 0 Å². The predicted molar refractivity (Wildman–Crippen MR) is 145 cm³/mol. The molecule has 1 fully saturated rings. The summed E-state index contributed by atoms with van der Waals surface area (Å²) in [4.78, 5) is 25.4. The number of aliphatic hydroxyl groups excluding tert-OH is 1. The molecular weight excluding hydrogens is 492 g/mol. The minimum Gasteiger partial charge on any atom is -0.490 e. The van der Waals surface area contributed by atoms with Gasteiger partial charge in [0.15, 0.2) is 0 Å². The van der Waals surface area contributed by atoms with E-state index in [-0.39, 0.29) is 0 Å². The molecule has 0 unspecified atom stereocenters. The van der Waals surface area contributed by atoms with Crippen LogP contribution in [0.25, 0.3) is 21.0 Å². The van der Waals surface area contributed by atoms with Gasteiger partial charge in [-0.1, -0.05) is 18.2 Å². The monoisotopic (exact) mass is 524 g/mol. The summed E-state index contributed by atoms with van der Waals surface area (Å²) >= 11 is 1.95. The molecule has 37 heavy (non-hydrogen) atoms. The van der Waals surface area contributed by atoms with Crippen LogP contribution in [-0.4, -0.2) is 69.5 Å². The van der Waals surface area contributed by atoms with Gasteiger partial charge in [0.1, 0.15) is 18.5 Å². The largest absolute Gasteiger partial charge is 0.490 e. The lowest BCUT2D eigenvalue weighted by molar-refractivity contribution is -0.159. The number of rotatable bonds is 6. The van der Waals surface area contributed by atoms with Gasteiger partial charge in [0, 0.05) is 32.7 Å². The van der Waals surface area contributed by atoms with E-state index in [1.807, 2.05) is 36.5 Å². The zero-order chi connectivity index (χ0) is 26.5. The number of aliphatic hydroxyl groups is 1. The zero-order valence-electron chi connectivity index (χ0n) is 20.9. The van der Waals surface area contributed by atoms with Crippen LogP contribution in [0.5, 0.6) is 5.75 Å². The number of piperidine rings is 1. The highest BCUT2D eigenvalue weighted by Crippen LogP contribution is 2.37. The summed E-state index contributed by atoms with van der Waals surface area (Å²) in [6.45, 7) is 7.28. The third-order valence-electron chi connectivity index (χ3n) is 6.63. The van der Waals surface area contributed by atoms with Gasteiger partial charge in [-0.3, -0.25) is 0 Å². The maximum atomic E-state index is 10.6. The van der Waals surface area contributed by atoms with E-state index in [4.69, 9.17) is 24.5 Å². The summed E-state index contributed by atoms with van der Waals surface area (Å²) in [7, 11) is 0. The third-order valence-corrected chi connectivity index (χ3v) is 7.89. The molecule has 2 aromatic carbocycles. The molecule has 5 rings (SSSR count). The molecule has 196 valence electrons. The average molecular weight is 525 g/mol. The van der Waals surface area contributed by atoms with Crippen LogP contribution in [0.2, 0.25) is 0 Å². The number of hydrogen-bond donors (Lipinski definition) is 4. The molecule has 0 radical (unpaired) electrons. The van der Waals surface area contributed by atoms with Gasteiger partial charge in [0.25, 0.3) is 0 Å². The summed E-state index contributed by atoms with van der Waals surface area (Å²) in [6, 6.07) is 17.1. The Kier molecular flexibility index (Phi) is 8.48. The standard InChI is InChI=1S/C26H30N2O2S.C2H2O4/c1-17-5-3-8-25-21(17)14-26(31-25)19-9-11-28(12-10-19)15-20(29)16-30-24-7-4-6-23-22(24)13-18(2)27-23;3-1(4)2(5)6/h3-8,13-14,19-20,27,29H,9-12,15-16H2,1-2H3;(H,3,4)(H,5,6)/t20-;/m0./s1. The normalized spacial score (nSPS) is 15.3. The van der Waals surface area contributed by atoms with Gasteiger partial charge in [-0.15, -0.1) is 11.3 Å². The Morgan fingerprint density at radius 2 is 1.76 bits per heavy atom. The SMILES string of the molecule is Cc1cc2c(OC[C@@H](O)CN3CCC(c4cc5c(C)cccc5s4)CC3)cccc2[nH]1.O=C(O)C(=O)O. The lowest BCUT2D eigenvalue weighted by atomic mass is 9.94. The Labute approximate surface area is 219 Å². The minimum atomic E-state index is -1.82. The Balaban J connectivity index is 0.000000480. The van der Waals surface area contributed by atoms with Crippen molar-refractivity contribution in [3.05, 3.63) is 64.7 Å². The number of aryl methyl sites for hydroxylation is 2. The molecule has 4 aromatic rings. The number of carboxylic acid groups (broad SMARTS) is 2. The number of aromatic nitrogens is 1. The molecule has 0 bridgehead atoms. The molecule has 2 aromatic heterocycles. The molecule has 1 aliphatic heterocycles. The number of carboxylic acids is 2. The van der Waals surface area contributed by atoms with Gasteiger partial charge in [-0.05, 0) is 87.0 Å². The maximum absolute atomic E-state index is 10.6. The second-order valence-electron chi connectivity index (χ2n) is 9.46. The fourth-order valence-electron chi connectivity index (χ4n) is 4.76. The number of carbonyl (C=O) groups is 2. The van der Waals surface area contributed by atoms with E-state index in [2.05, 4.69) is 47.1 Å². The molecule has 0 spiro atoms. The van der Waals surface area contributed by atoms with Crippen molar-refractivity contribution < 1.29 is 29.6 Å². The number of likely N-dealkylation sites (tertiary alicyclic amines) is 1. The van der Waals surface area contributed by atoms with Crippen LogP contribution in [0, 0.1) is 13.8 Å². The second kappa shape index (κ2) is 11.8. The lowest BCUT2D eigenvalue weighted by Gasteiger charge is -2.32. The van der Waals surface area contributed by atoms with Crippen LogP contribution in [0.15, 0.2) is 48.5 Å². The van der Waals surface area contributed by atoms with Crippen molar-refractivity contribution >= 4 is 44.3 Å². The first-order valence-electron chi connectivity index (χ1n) is 12.3. The van der Waals surface area contributed by atoms with E-state index >= 15 is 0 Å². The average Bonchev–Trinajstić information content (AvgIpc) is 3.47. The first-order valence-corrected chi connectivity index (χ1v) is 13.1. The summed E-state index contributed by atoms with van der Waals surface area (Å²) in [5.74, 6) is -2.18. The fraction of sp³-hybridized carbons (Fsp3) is 0.357. The number of ether oxygens (including phenoxy) is 1. The molecule has 9 heteroatoms. The fourth-order valence-corrected chi connectivity index (χ4v) is 6.07. The molecule has 1 saturated heterocycles. The predicted octanol–water partition coefficient (Wildman–Crippen LogP) is 4.77. The van der Waals surface area contributed by atoms with Crippen LogP contribution in [0.4, 0.5) is 0 Å². The van der Waals surface area contributed by atoms with Crippen LogP contribution in [-0.2, 0) is 9.59 Å². The molecule has 3 heterocycles. The second-order valence-corrected chi connectivity index (χ2v) is 10.6. The van der Waals surface area contributed by atoms with Crippen molar-refractivity contribution in [1.29, 1.82) is 0 Å². The van der Waals surface area contributed by atoms with Crippen LogP contribution >= 0.6 is 11.3 Å². The van der Waals surface area contributed by atoms with Crippen molar-refractivity contribution in [2.45, 2.75) is 38.7 Å². The van der Waals surface area contributed by atoms with E-state index in [9.17, 15) is 5.11 Å². The van der Waals surface area contributed by atoms with Crippen LogP contribution < -0.4 is 4.74 Å². The molecule has 1 atom stereocenters. The van der Waals surface area contributed by atoms with Gasteiger partial charge in [-0.25, -0.2) is 9.59 Å². The topological polar surface area (TPSA) is 123 Å². The number of thiophene rings is 1. The number of aliphatic carboxylic acids is 2. The summed E-state index contributed by atoms with van der Waals surface area (Å²) in [6.07, 6.45) is 1.82. The highest BCUT2D eigenvalue weighted by atomic mass is 32.1. The van der Waals surface area contributed by atoms with E-state index < -0.39 is 18.0 Å². The first-order chi connectivity index (χ1) is 17.7. The van der Waals surface area contributed by atoms with Crippen molar-refractivity contribution in [2.75, 3.05) is 26.2 Å². The number of nitrogens with one attached hydrogen (secondary N) is 1. The van der Waals surface area contributed by atoms with Gasteiger partial charge < -0.3 is 29.9 Å². The van der Waals surface area contributed by atoms with Crippen molar-refractivity contribution in [3.63, 3.8) is 0 Å². The quantitative estimate of drug-likeness (QED) is 0.268. The van der Waals surface area contributed by atoms with E-state index in [0.717, 1.165) is 48.3 Å². The van der Waals surface area contributed by atoms with Gasteiger partial charge in [0.05, 0.1) is 0 Å². The number of H-pyrrole nitrogens is 1. The smallest absolute Gasteiger partial charge is 0.414 e. The molecule has 0 aliphatic carbocycles. The summed E-state index contributed by atoms with van der Waals surface area (Å²) in [5, 5.41) is 27.8. The van der Waals surface area contributed by atoms with E-state index in [1.165, 1.54) is 20.5 Å². The highest BCUT2D eigenvalue weighted by Gasteiger charge is 2.24. The summed E-state index contributed by atoms with van der Waals surface area (Å²) < 4.78 is 7.38. The number of nitrogens with zero attached hydrogens (tertiary/aromatic N) is 1. The molecule has 4 N–H and O–H groups in total. The Morgan fingerprint density at radius 1 is 1.05 bits per heavy atom. The number of benzene rings is 2. The molecule has 1 aliphatic rings. The number of fused-ring (bicyclic) bond motifs is 2. The van der Waals surface area contributed by atoms with E-state index in [0.29, 0.717) is 19.1 Å². The third kappa shape index (κ3) is 6.68. The van der Waals surface area contributed by atoms with Gasteiger partial charge in [0.2, 0.25) is 0 Å². The maximum Gasteiger partial charge on any atom is 0.414 e. The molecule has 0 amide bonds. The van der Waals surface area contributed by atoms with Crippen molar-refractivity contribution in [3.8, 4) is 5.75 Å². The van der Waals surface area contributed by atoms with Crippen LogP contribution in [0.1, 0.15) is 34.9 Å². The van der Waals surface area contributed by atoms with Crippen molar-refractivity contribution in [2.24, 2.45) is 0 Å². The number of hydrogen-bond acceptors (Lipinski definition) is 6. The highest BCUT2D eigenvalue weighted by molar-refractivity contribution is 7.19. The zero-order valence-corrected chi connectivity index (χ0v) is 21.8. The Hall–Kier alpha value is -3.40. The van der Waals surface area contributed by atoms with Crippen molar-refractivity contribution in [1.82, 2.24) is 9.88 Å². The minimum absolute atomic E-state index is 0.318. The number of β-amino-alcohol motifs (C(OH)–C–C–N with tert-alkyl or cyclic N) is 1.